The predicted octanol–water partition coefficient (Wildman–Crippen LogP) is 3.84. The first-order chi connectivity index (χ1) is 9.08. The van der Waals surface area contributed by atoms with Crippen molar-refractivity contribution in [3.63, 3.8) is 0 Å². The summed E-state index contributed by atoms with van der Waals surface area (Å²) < 4.78 is 0. The quantitative estimate of drug-likeness (QED) is 0.697. The summed E-state index contributed by atoms with van der Waals surface area (Å²) in [7, 11) is 0. The van der Waals surface area contributed by atoms with Crippen LogP contribution in [0, 0.1) is 30.7 Å². The minimum atomic E-state index is -0.351. The molecule has 3 heteroatoms. The van der Waals surface area contributed by atoms with E-state index in [1.54, 1.807) is 0 Å². The summed E-state index contributed by atoms with van der Waals surface area (Å²) in [6, 6.07) is 10.3. The lowest BCUT2D eigenvalue weighted by atomic mass is 9.79. The molecule has 2 unspecified atom stereocenters. The Labute approximate surface area is 113 Å². The second-order valence-corrected chi connectivity index (χ2v) is 4.83. The van der Waals surface area contributed by atoms with Gasteiger partial charge in [0.25, 0.3) is 0 Å². The van der Waals surface area contributed by atoms with E-state index in [2.05, 4.69) is 15.9 Å². The van der Waals surface area contributed by atoms with Crippen molar-refractivity contribution in [2.45, 2.75) is 26.7 Å². The summed E-state index contributed by atoms with van der Waals surface area (Å²) >= 11 is 0. The zero-order chi connectivity index (χ0) is 14.0. The Kier molecular flexibility index (Phi) is 3.49. The molecular formula is C16H15N3. The van der Waals surface area contributed by atoms with Gasteiger partial charge >= 0.3 is 0 Å². The summed E-state index contributed by atoms with van der Waals surface area (Å²) in [5.74, 6) is -0.545. The first-order valence-electron chi connectivity index (χ1n) is 6.18. The average molecular weight is 249 g/mol. The fourth-order valence-electron chi connectivity index (χ4n) is 2.46. The van der Waals surface area contributed by atoms with Crippen LogP contribution in [0.4, 0.5) is 0 Å². The van der Waals surface area contributed by atoms with Gasteiger partial charge in [-0.25, -0.2) is 4.85 Å². The van der Waals surface area contributed by atoms with E-state index >= 15 is 0 Å². The summed E-state index contributed by atoms with van der Waals surface area (Å²) in [4.78, 5) is 7.95. The van der Waals surface area contributed by atoms with Crippen molar-refractivity contribution in [2.24, 2.45) is 10.9 Å². The van der Waals surface area contributed by atoms with Crippen LogP contribution in [0.2, 0.25) is 0 Å². The molecule has 0 bridgehead atoms. The Morgan fingerprint density at radius 2 is 1.84 bits per heavy atom. The van der Waals surface area contributed by atoms with E-state index in [1.165, 1.54) is 5.56 Å². The van der Waals surface area contributed by atoms with Gasteiger partial charge in [0.05, 0.1) is 18.6 Å². The van der Waals surface area contributed by atoms with Crippen molar-refractivity contribution in [3.05, 3.63) is 58.2 Å². The van der Waals surface area contributed by atoms with Crippen LogP contribution < -0.4 is 0 Å². The van der Waals surface area contributed by atoms with Gasteiger partial charge in [0.1, 0.15) is 0 Å². The Morgan fingerprint density at radius 1 is 1.21 bits per heavy atom. The van der Waals surface area contributed by atoms with E-state index < -0.39 is 0 Å². The predicted molar refractivity (Wildman–Crippen MR) is 75.4 cm³/mol. The minimum Gasteiger partial charge on any atom is -0.273 e. The van der Waals surface area contributed by atoms with Crippen LogP contribution in [0.25, 0.3) is 4.85 Å². The number of allylic oxidation sites excluding steroid dienone is 2. The molecule has 0 aliphatic carbocycles. The van der Waals surface area contributed by atoms with Gasteiger partial charge in [-0.2, -0.15) is 5.26 Å². The van der Waals surface area contributed by atoms with Gasteiger partial charge in [-0.05, 0) is 26.3 Å². The Balaban J connectivity index is 2.58. The van der Waals surface area contributed by atoms with E-state index in [-0.39, 0.29) is 11.8 Å². The molecule has 0 aromatic heterocycles. The highest BCUT2D eigenvalue weighted by atomic mass is 14.8. The molecule has 0 N–H and O–H groups in total. The lowest BCUT2D eigenvalue weighted by Gasteiger charge is -2.26. The van der Waals surface area contributed by atoms with Crippen molar-refractivity contribution < 1.29 is 0 Å². The third-order valence-corrected chi connectivity index (χ3v) is 3.49. The molecule has 2 atom stereocenters. The minimum absolute atomic E-state index is 0.194. The Hall–Kier alpha value is -2.39. The fraction of sp³-hybridized carbons (Fsp3) is 0.312. The molecule has 2 rings (SSSR count). The van der Waals surface area contributed by atoms with Gasteiger partial charge in [-0.1, -0.05) is 29.8 Å². The molecule has 1 heterocycles. The maximum Gasteiger partial charge on any atom is 0.195 e. The van der Waals surface area contributed by atoms with Gasteiger partial charge in [-0.3, -0.25) is 4.99 Å². The molecule has 1 aromatic rings. The molecule has 19 heavy (non-hydrogen) atoms. The zero-order valence-electron chi connectivity index (χ0n) is 11.3. The number of nitriles is 1. The van der Waals surface area contributed by atoms with Gasteiger partial charge in [0.15, 0.2) is 5.70 Å². The average Bonchev–Trinajstić information content (AvgIpc) is 2.39. The number of benzene rings is 1. The zero-order valence-corrected chi connectivity index (χ0v) is 11.3. The van der Waals surface area contributed by atoms with E-state index in [9.17, 15) is 5.26 Å². The fourth-order valence-corrected chi connectivity index (χ4v) is 2.46. The number of aryl methyl sites for hydroxylation is 1. The Morgan fingerprint density at radius 3 is 2.37 bits per heavy atom. The first kappa shape index (κ1) is 13.1. The summed E-state index contributed by atoms with van der Waals surface area (Å²) in [6.07, 6.45) is 0. The van der Waals surface area contributed by atoms with Gasteiger partial charge < -0.3 is 0 Å². The maximum atomic E-state index is 9.39. The molecule has 0 saturated heterocycles. The second-order valence-electron chi connectivity index (χ2n) is 4.83. The number of hydrogen-bond donors (Lipinski definition) is 0. The van der Waals surface area contributed by atoms with Crippen LogP contribution in [0.1, 0.15) is 30.9 Å². The molecule has 0 fully saturated rings. The highest BCUT2D eigenvalue weighted by molar-refractivity contribution is 5.90. The summed E-state index contributed by atoms with van der Waals surface area (Å²) in [5.41, 5.74) is 4.28. The Bertz CT molecular complexity index is 636. The summed E-state index contributed by atoms with van der Waals surface area (Å²) in [5, 5.41) is 9.39. The molecule has 0 saturated carbocycles. The number of nitrogens with zero attached hydrogens (tertiary/aromatic N) is 3. The molecule has 1 aliphatic rings. The van der Waals surface area contributed by atoms with E-state index in [1.807, 2.05) is 45.0 Å². The molecule has 1 aliphatic heterocycles. The van der Waals surface area contributed by atoms with Crippen molar-refractivity contribution in [1.82, 2.24) is 0 Å². The number of aliphatic imine (C=N–C) groups is 1. The van der Waals surface area contributed by atoms with Crippen LogP contribution in [-0.2, 0) is 0 Å². The smallest absolute Gasteiger partial charge is 0.195 e. The maximum absolute atomic E-state index is 9.39. The van der Waals surface area contributed by atoms with Crippen LogP contribution in [-0.4, -0.2) is 5.71 Å². The molecular weight excluding hydrogens is 234 g/mol. The normalized spacial score (nSPS) is 22.5. The van der Waals surface area contributed by atoms with Crippen molar-refractivity contribution in [1.29, 1.82) is 5.26 Å². The number of rotatable bonds is 1. The lowest BCUT2D eigenvalue weighted by Crippen LogP contribution is -2.24. The third-order valence-electron chi connectivity index (χ3n) is 3.49. The van der Waals surface area contributed by atoms with E-state index in [4.69, 9.17) is 6.57 Å². The molecule has 0 amide bonds. The van der Waals surface area contributed by atoms with Crippen molar-refractivity contribution >= 4 is 5.71 Å². The molecule has 3 nitrogen and oxygen atoms in total. The highest BCUT2D eigenvalue weighted by Crippen LogP contribution is 2.39. The van der Waals surface area contributed by atoms with Gasteiger partial charge in [0.2, 0.25) is 0 Å². The van der Waals surface area contributed by atoms with Crippen molar-refractivity contribution in [3.8, 4) is 6.07 Å². The monoisotopic (exact) mass is 249 g/mol. The van der Waals surface area contributed by atoms with Crippen LogP contribution in [0.15, 0.2) is 40.7 Å². The third kappa shape index (κ3) is 2.28. The highest BCUT2D eigenvalue weighted by Gasteiger charge is 2.34. The van der Waals surface area contributed by atoms with Crippen LogP contribution in [0.5, 0.6) is 0 Å². The lowest BCUT2D eigenvalue weighted by molar-refractivity contribution is 0.699. The first-order valence-corrected chi connectivity index (χ1v) is 6.18. The largest absolute Gasteiger partial charge is 0.273 e. The molecule has 1 aromatic carbocycles. The second kappa shape index (κ2) is 5.08. The molecule has 0 spiro atoms. The topological polar surface area (TPSA) is 40.5 Å². The standard InChI is InChI=1S/C16H15N3/c1-10-5-7-13(8-6-10)15-14(9-17)11(2)19-12(3)16(15)18-4/h5-8,14-15H,1-3H3. The van der Waals surface area contributed by atoms with Crippen molar-refractivity contribution in [2.75, 3.05) is 0 Å². The molecule has 94 valence electrons. The number of hydrogen-bond acceptors (Lipinski definition) is 2. The van der Waals surface area contributed by atoms with Gasteiger partial charge in [0, 0.05) is 17.3 Å². The van der Waals surface area contributed by atoms with Crippen LogP contribution >= 0.6 is 0 Å². The van der Waals surface area contributed by atoms with Crippen LogP contribution in [0.3, 0.4) is 0 Å². The summed E-state index contributed by atoms with van der Waals surface area (Å²) in [6.45, 7) is 13.1. The molecule has 0 radical (unpaired) electrons. The van der Waals surface area contributed by atoms with E-state index in [0.717, 1.165) is 17.0 Å². The van der Waals surface area contributed by atoms with Gasteiger partial charge in [-0.15, -0.1) is 0 Å². The van der Waals surface area contributed by atoms with E-state index in [0.29, 0.717) is 5.70 Å². The SMILES string of the molecule is [C-]#[N+]C1=C(C)N=C(C)C(C#N)C1c1ccc(C)cc1.